The van der Waals surface area contributed by atoms with E-state index in [4.69, 9.17) is 0 Å². The van der Waals surface area contributed by atoms with E-state index < -0.39 is 58.4 Å². The zero-order chi connectivity index (χ0) is 17.5. The summed E-state index contributed by atoms with van der Waals surface area (Å²) in [5.41, 5.74) is -2.81. The van der Waals surface area contributed by atoms with Gasteiger partial charge in [-0.25, -0.2) is 9.59 Å². The Balaban J connectivity index is 2.25. The highest BCUT2D eigenvalue weighted by Gasteiger charge is 2.80. The van der Waals surface area contributed by atoms with Crippen LogP contribution in [0.1, 0.15) is 20.3 Å². The summed E-state index contributed by atoms with van der Waals surface area (Å²) in [7, 11) is 0. The summed E-state index contributed by atoms with van der Waals surface area (Å²) in [5, 5.41) is 37.7. The highest BCUT2D eigenvalue weighted by atomic mass is 16.4. The van der Waals surface area contributed by atoms with Crippen LogP contribution in [-0.2, 0) is 19.2 Å². The van der Waals surface area contributed by atoms with E-state index in [-0.39, 0.29) is 17.6 Å². The average Bonchev–Trinajstić information content (AvgIpc) is 2.76. The van der Waals surface area contributed by atoms with Crippen LogP contribution in [-0.4, -0.2) is 44.3 Å². The average molecular weight is 324 g/mol. The van der Waals surface area contributed by atoms with Gasteiger partial charge in [-0.1, -0.05) is 13.8 Å². The second kappa shape index (κ2) is 4.12. The van der Waals surface area contributed by atoms with E-state index >= 15 is 0 Å². The first-order chi connectivity index (χ1) is 10.5. The molecule has 23 heavy (non-hydrogen) atoms. The van der Waals surface area contributed by atoms with Gasteiger partial charge in [0.15, 0.2) is 0 Å². The number of rotatable bonds is 4. The van der Waals surface area contributed by atoms with Crippen molar-refractivity contribution in [2.75, 3.05) is 0 Å². The third-order valence-corrected chi connectivity index (χ3v) is 6.50. The maximum Gasteiger partial charge on any atom is 0.332 e. The lowest BCUT2D eigenvalue weighted by Crippen LogP contribution is -2.60. The molecule has 0 heterocycles. The molecule has 8 heteroatoms. The molecule has 3 aliphatic rings. The van der Waals surface area contributed by atoms with Crippen molar-refractivity contribution in [2.45, 2.75) is 20.3 Å². The highest BCUT2D eigenvalue weighted by Crippen LogP contribution is 2.79. The summed E-state index contributed by atoms with van der Waals surface area (Å²) in [6.45, 7) is 3.13. The predicted molar refractivity (Wildman–Crippen MR) is 72.4 cm³/mol. The Morgan fingerprint density at radius 1 is 0.957 bits per heavy atom. The zero-order valence-corrected chi connectivity index (χ0v) is 12.4. The number of carbonyl (C=O) groups is 4. The molecule has 3 rings (SSSR count). The minimum absolute atomic E-state index is 0.190. The fourth-order valence-electron chi connectivity index (χ4n) is 5.66. The first-order valence-corrected chi connectivity index (χ1v) is 7.17. The second-order valence-corrected chi connectivity index (χ2v) is 7.04. The molecule has 0 radical (unpaired) electrons. The maximum atomic E-state index is 11.7. The number of carboxylic acid groups (broad SMARTS) is 4. The van der Waals surface area contributed by atoms with E-state index in [9.17, 15) is 39.6 Å². The van der Waals surface area contributed by atoms with Crippen LogP contribution in [0.3, 0.4) is 0 Å². The van der Waals surface area contributed by atoms with Crippen LogP contribution in [0.25, 0.3) is 0 Å². The van der Waals surface area contributed by atoms with Gasteiger partial charge < -0.3 is 20.4 Å². The van der Waals surface area contributed by atoms with Crippen molar-refractivity contribution in [2.24, 2.45) is 34.5 Å². The smallest absolute Gasteiger partial charge is 0.332 e. The SMILES string of the molecule is CC12CC(C(C(=O)O)C1C(=O)O)C1C(C(=O)O)=C(C(=O)O)C12C. The monoisotopic (exact) mass is 324 g/mol. The van der Waals surface area contributed by atoms with E-state index in [1.165, 1.54) is 0 Å². The molecule has 2 bridgehead atoms. The summed E-state index contributed by atoms with van der Waals surface area (Å²) < 4.78 is 0. The third kappa shape index (κ3) is 1.41. The Kier molecular flexibility index (Phi) is 2.78. The van der Waals surface area contributed by atoms with Gasteiger partial charge in [-0.15, -0.1) is 0 Å². The van der Waals surface area contributed by atoms with Crippen LogP contribution < -0.4 is 0 Å². The minimum atomic E-state index is -1.38. The Bertz CT molecular complexity index is 706. The second-order valence-electron chi connectivity index (χ2n) is 7.04. The van der Waals surface area contributed by atoms with Crippen molar-refractivity contribution >= 4 is 23.9 Å². The van der Waals surface area contributed by atoms with Crippen molar-refractivity contribution in [3.05, 3.63) is 11.1 Å². The fourth-order valence-corrected chi connectivity index (χ4v) is 5.66. The maximum absolute atomic E-state index is 11.7. The molecule has 0 aromatic carbocycles. The minimum Gasteiger partial charge on any atom is -0.481 e. The molecule has 6 atom stereocenters. The molecule has 6 unspecified atom stereocenters. The standard InChI is InChI=1S/C15H16O8/c1-14-3-4(5(10(16)17)8(14)12(20)21)7-6(11(18)19)9(13(22)23)15(7,14)2/h4-5,7-8H,3H2,1-2H3,(H,16,17)(H,18,19)(H,20,21)(H,22,23). The van der Waals surface area contributed by atoms with Crippen molar-refractivity contribution in [3.63, 3.8) is 0 Å². The first kappa shape index (κ1) is 15.5. The molecule has 0 saturated heterocycles. The van der Waals surface area contributed by atoms with Gasteiger partial charge in [0.05, 0.1) is 23.0 Å². The Morgan fingerprint density at radius 2 is 1.52 bits per heavy atom. The summed E-state index contributed by atoms with van der Waals surface area (Å²) in [5.74, 6) is -9.19. The lowest BCUT2D eigenvalue weighted by molar-refractivity contribution is -0.169. The van der Waals surface area contributed by atoms with Crippen molar-refractivity contribution < 1.29 is 39.6 Å². The van der Waals surface area contributed by atoms with Gasteiger partial charge in [-0.2, -0.15) is 0 Å². The van der Waals surface area contributed by atoms with Gasteiger partial charge >= 0.3 is 23.9 Å². The molecule has 0 aromatic heterocycles. The van der Waals surface area contributed by atoms with Crippen molar-refractivity contribution in [1.82, 2.24) is 0 Å². The Morgan fingerprint density at radius 3 is 1.91 bits per heavy atom. The molecule has 3 aliphatic carbocycles. The van der Waals surface area contributed by atoms with Gasteiger partial charge in [0, 0.05) is 11.3 Å². The third-order valence-electron chi connectivity index (χ3n) is 6.50. The topological polar surface area (TPSA) is 149 Å². The first-order valence-electron chi connectivity index (χ1n) is 7.17. The molecule has 2 saturated carbocycles. The summed E-state index contributed by atoms with van der Waals surface area (Å²) in [6, 6.07) is 0. The van der Waals surface area contributed by atoms with Gasteiger partial charge in [-0.05, 0) is 17.8 Å². The zero-order valence-electron chi connectivity index (χ0n) is 12.4. The molecule has 2 fully saturated rings. The van der Waals surface area contributed by atoms with E-state index in [0.717, 1.165) is 0 Å². The molecule has 0 aliphatic heterocycles. The van der Waals surface area contributed by atoms with E-state index in [1.54, 1.807) is 13.8 Å². The number of aliphatic carboxylic acids is 4. The molecular weight excluding hydrogens is 308 g/mol. The molecule has 4 N–H and O–H groups in total. The van der Waals surface area contributed by atoms with E-state index in [2.05, 4.69) is 0 Å². The molecule has 124 valence electrons. The van der Waals surface area contributed by atoms with Crippen LogP contribution in [0, 0.1) is 34.5 Å². The van der Waals surface area contributed by atoms with E-state index in [1.807, 2.05) is 0 Å². The number of fused-ring (bicyclic) bond motifs is 5. The quantitative estimate of drug-likeness (QED) is 0.585. The van der Waals surface area contributed by atoms with Crippen LogP contribution in [0.4, 0.5) is 0 Å². The lowest BCUT2D eigenvalue weighted by Gasteiger charge is -2.57. The largest absolute Gasteiger partial charge is 0.481 e. The number of hydrogen-bond acceptors (Lipinski definition) is 4. The summed E-state index contributed by atoms with van der Waals surface area (Å²) >= 11 is 0. The van der Waals surface area contributed by atoms with Gasteiger partial charge in [0.2, 0.25) is 0 Å². The number of carboxylic acids is 4. The van der Waals surface area contributed by atoms with Crippen LogP contribution in [0.5, 0.6) is 0 Å². The van der Waals surface area contributed by atoms with Crippen LogP contribution >= 0.6 is 0 Å². The Hall–Kier alpha value is -2.38. The highest BCUT2D eigenvalue weighted by molar-refractivity contribution is 6.05. The Labute approximate surface area is 130 Å². The molecular formula is C15H16O8. The van der Waals surface area contributed by atoms with Crippen LogP contribution in [0.2, 0.25) is 0 Å². The number of hydrogen-bond donors (Lipinski definition) is 4. The van der Waals surface area contributed by atoms with Gasteiger partial charge in [0.25, 0.3) is 0 Å². The molecule has 0 aromatic rings. The molecule has 0 spiro atoms. The lowest BCUT2D eigenvalue weighted by atomic mass is 9.43. The molecule has 8 nitrogen and oxygen atoms in total. The predicted octanol–water partition coefficient (Wildman–Crippen LogP) is 0.530. The van der Waals surface area contributed by atoms with Crippen molar-refractivity contribution in [1.29, 1.82) is 0 Å². The van der Waals surface area contributed by atoms with Gasteiger partial charge in [0.1, 0.15) is 0 Å². The van der Waals surface area contributed by atoms with Gasteiger partial charge in [-0.3, -0.25) is 9.59 Å². The summed E-state index contributed by atoms with van der Waals surface area (Å²) in [6.07, 6.45) is 0.190. The normalized spacial score (nSPS) is 43.7. The van der Waals surface area contributed by atoms with Crippen molar-refractivity contribution in [3.8, 4) is 0 Å². The van der Waals surface area contributed by atoms with Crippen LogP contribution in [0.15, 0.2) is 11.1 Å². The fraction of sp³-hybridized carbons (Fsp3) is 0.600. The summed E-state index contributed by atoms with van der Waals surface area (Å²) in [4.78, 5) is 46.3. The van der Waals surface area contributed by atoms with E-state index in [0.29, 0.717) is 0 Å². The molecule has 0 amide bonds.